The summed E-state index contributed by atoms with van der Waals surface area (Å²) in [7, 11) is 0. The predicted molar refractivity (Wildman–Crippen MR) is 105 cm³/mol. The van der Waals surface area contributed by atoms with E-state index in [9.17, 15) is 4.79 Å². The maximum atomic E-state index is 12.9. The van der Waals surface area contributed by atoms with E-state index in [1.165, 1.54) is 5.56 Å². The van der Waals surface area contributed by atoms with E-state index in [4.69, 9.17) is 4.74 Å². The minimum atomic E-state index is 0.0384. The SMILES string of the molecule is O=C(c1cnc2c(c1)ncn2Cc1ccccc1)N1CCN(C2COC2)CC1. The lowest BCUT2D eigenvalue weighted by atomic mass is 10.1. The molecule has 2 fully saturated rings. The molecule has 144 valence electrons. The van der Waals surface area contributed by atoms with Crippen LogP contribution in [0, 0.1) is 0 Å². The number of hydrogen-bond acceptors (Lipinski definition) is 5. The van der Waals surface area contributed by atoms with Crippen LogP contribution in [0.3, 0.4) is 0 Å². The van der Waals surface area contributed by atoms with Crippen LogP contribution in [-0.4, -0.2) is 75.7 Å². The Balaban J connectivity index is 1.29. The van der Waals surface area contributed by atoms with E-state index >= 15 is 0 Å². The van der Waals surface area contributed by atoms with Gasteiger partial charge in [-0.05, 0) is 11.6 Å². The Bertz CT molecular complexity index is 975. The second-order valence-corrected chi connectivity index (χ2v) is 7.44. The van der Waals surface area contributed by atoms with E-state index in [1.807, 2.05) is 33.7 Å². The van der Waals surface area contributed by atoms with Crippen molar-refractivity contribution in [2.75, 3.05) is 39.4 Å². The molecular weight excluding hydrogens is 354 g/mol. The number of aromatic nitrogens is 3. The fourth-order valence-corrected chi connectivity index (χ4v) is 3.87. The van der Waals surface area contributed by atoms with Gasteiger partial charge in [-0.15, -0.1) is 0 Å². The lowest BCUT2D eigenvalue weighted by Crippen LogP contribution is -2.57. The van der Waals surface area contributed by atoms with Crippen molar-refractivity contribution in [2.45, 2.75) is 12.6 Å². The van der Waals surface area contributed by atoms with Crippen LogP contribution >= 0.6 is 0 Å². The first kappa shape index (κ1) is 17.3. The van der Waals surface area contributed by atoms with E-state index in [1.54, 1.807) is 12.5 Å². The van der Waals surface area contributed by atoms with E-state index in [2.05, 4.69) is 27.0 Å². The van der Waals surface area contributed by atoms with Gasteiger partial charge in [-0.3, -0.25) is 9.69 Å². The van der Waals surface area contributed by atoms with Crippen LogP contribution in [0.25, 0.3) is 11.2 Å². The van der Waals surface area contributed by atoms with Crippen LogP contribution < -0.4 is 0 Å². The molecule has 0 bridgehead atoms. The van der Waals surface area contributed by atoms with Gasteiger partial charge in [-0.1, -0.05) is 30.3 Å². The highest BCUT2D eigenvalue weighted by atomic mass is 16.5. The summed E-state index contributed by atoms with van der Waals surface area (Å²) in [6.45, 7) is 5.65. The van der Waals surface area contributed by atoms with Crippen LogP contribution in [-0.2, 0) is 11.3 Å². The third kappa shape index (κ3) is 3.27. The number of hydrogen-bond donors (Lipinski definition) is 0. The minimum Gasteiger partial charge on any atom is -0.378 e. The molecule has 0 saturated carbocycles. The summed E-state index contributed by atoms with van der Waals surface area (Å²) in [5.74, 6) is 0.0384. The predicted octanol–water partition coefficient (Wildman–Crippen LogP) is 1.64. The largest absolute Gasteiger partial charge is 0.378 e. The molecule has 0 radical (unpaired) electrons. The molecule has 7 heteroatoms. The maximum absolute atomic E-state index is 12.9. The summed E-state index contributed by atoms with van der Waals surface area (Å²) >= 11 is 0. The van der Waals surface area contributed by atoms with Gasteiger partial charge < -0.3 is 14.2 Å². The summed E-state index contributed by atoms with van der Waals surface area (Å²) in [5.41, 5.74) is 3.36. The zero-order valence-electron chi connectivity index (χ0n) is 15.7. The van der Waals surface area contributed by atoms with E-state index < -0.39 is 0 Å². The third-order valence-electron chi connectivity index (χ3n) is 5.64. The Morgan fingerprint density at radius 1 is 1.07 bits per heavy atom. The molecule has 5 rings (SSSR count). The van der Waals surface area contributed by atoms with E-state index in [-0.39, 0.29) is 5.91 Å². The van der Waals surface area contributed by atoms with Gasteiger partial charge >= 0.3 is 0 Å². The number of ether oxygens (including phenoxy) is 1. The number of nitrogens with zero attached hydrogens (tertiary/aromatic N) is 5. The number of carbonyl (C=O) groups excluding carboxylic acids is 1. The zero-order valence-corrected chi connectivity index (χ0v) is 15.7. The number of imidazole rings is 1. The van der Waals surface area contributed by atoms with Gasteiger partial charge in [0.1, 0.15) is 5.52 Å². The van der Waals surface area contributed by atoms with Crippen molar-refractivity contribution in [3.63, 3.8) is 0 Å². The summed E-state index contributed by atoms with van der Waals surface area (Å²) in [4.78, 5) is 26.3. The number of piperazine rings is 1. The molecule has 0 unspecified atom stereocenters. The molecule has 0 atom stereocenters. The zero-order chi connectivity index (χ0) is 18.9. The molecule has 2 aliphatic rings. The van der Waals surface area contributed by atoms with Crippen molar-refractivity contribution in [3.05, 3.63) is 60.0 Å². The number of amides is 1. The van der Waals surface area contributed by atoms with Crippen LogP contribution in [0.4, 0.5) is 0 Å². The Kier molecular flexibility index (Phi) is 4.54. The van der Waals surface area contributed by atoms with Crippen molar-refractivity contribution < 1.29 is 9.53 Å². The first-order chi connectivity index (χ1) is 13.8. The highest BCUT2D eigenvalue weighted by molar-refractivity contribution is 5.96. The average Bonchev–Trinajstić information content (AvgIpc) is 3.09. The summed E-state index contributed by atoms with van der Waals surface area (Å²) in [6, 6.07) is 12.6. The van der Waals surface area contributed by atoms with Gasteiger partial charge in [-0.25, -0.2) is 9.97 Å². The maximum Gasteiger partial charge on any atom is 0.255 e. The first-order valence-corrected chi connectivity index (χ1v) is 9.74. The monoisotopic (exact) mass is 377 g/mol. The Morgan fingerprint density at radius 2 is 1.86 bits per heavy atom. The molecule has 0 spiro atoms. The number of pyridine rings is 1. The van der Waals surface area contributed by atoms with E-state index in [0.717, 1.165) is 50.6 Å². The molecule has 2 aromatic heterocycles. The highest BCUT2D eigenvalue weighted by Gasteiger charge is 2.30. The van der Waals surface area contributed by atoms with Crippen molar-refractivity contribution in [1.29, 1.82) is 0 Å². The number of fused-ring (bicyclic) bond motifs is 1. The standard InChI is InChI=1S/C21H23N5O2/c27-21(25-8-6-24(7-9-25)18-13-28-14-18)17-10-19-20(22-11-17)26(15-23-19)12-16-4-2-1-3-5-16/h1-5,10-11,15,18H,6-9,12-14H2. The third-order valence-corrected chi connectivity index (χ3v) is 5.64. The molecule has 2 saturated heterocycles. The molecule has 7 nitrogen and oxygen atoms in total. The lowest BCUT2D eigenvalue weighted by Gasteiger charge is -2.42. The fourth-order valence-electron chi connectivity index (χ4n) is 3.87. The summed E-state index contributed by atoms with van der Waals surface area (Å²) < 4.78 is 7.28. The number of benzene rings is 1. The molecule has 2 aliphatic heterocycles. The van der Waals surface area contributed by atoms with Gasteiger partial charge in [0.25, 0.3) is 5.91 Å². The normalized spacial score (nSPS) is 18.4. The summed E-state index contributed by atoms with van der Waals surface area (Å²) in [6.07, 6.45) is 3.47. The topological polar surface area (TPSA) is 63.5 Å². The Morgan fingerprint density at radius 3 is 2.57 bits per heavy atom. The van der Waals surface area contributed by atoms with E-state index in [0.29, 0.717) is 18.2 Å². The van der Waals surface area contributed by atoms with Crippen molar-refractivity contribution >= 4 is 17.1 Å². The second-order valence-electron chi connectivity index (χ2n) is 7.44. The first-order valence-electron chi connectivity index (χ1n) is 9.74. The molecule has 1 amide bonds. The van der Waals surface area contributed by atoms with Gasteiger partial charge in [0.2, 0.25) is 0 Å². The van der Waals surface area contributed by atoms with Crippen LogP contribution in [0.2, 0.25) is 0 Å². The van der Waals surface area contributed by atoms with Gasteiger partial charge in [0.15, 0.2) is 5.65 Å². The average molecular weight is 377 g/mol. The molecule has 4 heterocycles. The molecule has 1 aromatic carbocycles. The molecule has 3 aromatic rings. The molecular formula is C21H23N5O2. The van der Waals surface area contributed by atoms with Gasteiger partial charge in [0, 0.05) is 32.4 Å². The van der Waals surface area contributed by atoms with Crippen LogP contribution in [0.15, 0.2) is 48.9 Å². The highest BCUT2D eigenvalue weighted by Crippen LogP contribution is 2.18. The molecule has 28 heavy (non-hydrogen) atoms. The van der Waals surface area contributed by atoms with Gasteiger partial charge in [-0.2, -0.15) is 0 Å². The number of carbonyl (C=O) groups is 1. The lowest BCUT2D eigenvalue weighted by molar-refractivity contribution is -0.0746. The van der Waals surface area contributed by atoms with Crippen LogP contribution in [0.1, 0.15) is 15.9 Å². The second kappa shape index (κ2) is 7.33. The number of rotatable bonds is 4. The fraction of sp³-hybridized carbons (Fsp3) is 0.381. The smallest absolute Gasteiger partial charge is 0.255 e. The Labute approximate surface area is 163 Å². The summed E-state index contributed by atoms with van der Waals surface area (Å²) in [5, 5.41) is 0. The van der Waals surface area contributed by atoms with Crippen molar-refractivity contribution in [3.8, 4) is 0 Å². The van der Waals surface area contributed by atoms with Crippen molar-refractivity contribution in [2.24, 2.45) is 0 Å². The van der Waals surface area contributed by atoms with Crippen molar-refractivity contribution in [1.82, 2.24) is 24.3 Å². The minimum absolute atomic E-state index is 0.0384. The molecule has 0 aliphatic carbocycles. The molecule has 0 N–H and O–H groups in total. The van der Waals surface area contributed by atoms with Gasteiger partial charge in [0.05, 0.1) is 37.7 Å². The van der Waals surface area contributed by atoms with Crippen LogP contribution in [0.5, 0.6) is 0 Å². The Hall–Kier alpha value is -2.77. The quantitative estimate of drug-likeness (QED) is 0.692.